The molecule has 1 atom stereocenters. The first-order valence-corrected chi connectivity index (χ1v) is 8.00. The highest BCUT2D eigenvalue weighted by atomic mass is 35.5. The smallest absolute Gasteiger partial charge is 0.341 e. The molecule has 6 nitrogen and oxygen atoms in total. The van der Waals surface area contributed by atoms with Gasteiger partial charge in [0.2, 0.25) is 5.43 Å². The lowest BCUT2D eigenvalue weighted by molar-refractivity contribution is 0.0694. The number of aryl methyl sites for hydroxylation is 1. The highest BCUT2D eigenvalue weighted by Crippen LogP contribution is 2.37. The van der Waals surface area contributed by atoms with E-state index in [1.54, 1.807) is 4.90 Å². The van der Waals surface area contributed by atoms with Crippen LogP contribution in [0.5, 0.6) is 0 Å². The highest BCUT2D eigenvalue weighted by Gasteiger charge is 2.28. The van der Waals surface area contributed by atoms with E-state index in [9.17, 15) is 23.5 Å². The molecule has 25 heavy (non-hydrogen) atoms. The topological polar surface area (TPSA) is 82.8 Å². The summed E-state index contributed by atoms with van der Waals surface area (Å²) in [5.74, 6) is -2.28. The molecule has 3 rings (SSSR count). The number of carboxylic acid groups (broad SMARTS) is 1. The number of carbonyl (C=O) groups is 1. The van der Waals surface area contributed by atoms with Gasteiger partial charge in [0.15, 0.2) is 0 Å². The molecule has 0 saturated carbocycles. The first-order chi connectivity index (χ1) is 11.8. The molecular formula is C16H15ClF2N2O4. The van der Waals surface area contributed by atoms with Crippen LogP contribution in [0.25, 0.3) is 10.9 Å². The molecule has 2 heterocycles. The minimum absolute atomic E-state index is 0.0146. The summed E-state index contributed by atoms with van der Waals surface area (Å²) in [5, 5.41) is 18.5. The maximum absolute atomic E-state index is 14.6. The quantitative estimate of drug-likeness (QED) is 0.858. The molecule has 1 aromatic carbocycles. The Morgan fingerprint density at radius 2 is 2.16 bits per heavy atom. The number of aromatic nitrogens is 1. The molecule has 134 valence electrons. The van der Waals surface area contributed by atoms with Crippen molar-refractivity contribution in [2.24, 2.45) is 0 Å². The lowest BCUT2D eigenvalue weighted by Gasteiger charge is -2.22. The van der Waals surface area contributed by atoms with Crippen molar-refractivity contribution >= 4 is 34.2 Å². The molecule has 0 spiro atoms. The van der Waals surface area contributed by atoms with E-state index in [1.165, 1.54) is 4.57 Å². The largest absolute Gasteiger partial charge is 0.477 e. The highest BCUT2D eigenvalue weighted by molar-refractivity contribution is 6.38. The molecular weight excluding hydrogens is 358 g/mol. The Balaban J connectivity index is 2.33. The van der Waals surface area contributed by atoms with Crippen LogP contribution in [0.2, 0.25) is 5.02 Å². The van der Waals surface area contributed by atoms with Gasteiger partial charge in [-0.3, -0.25) is 4.79 Å². The molecule has 2 N–H and O–H groups in total. The summed E-state index contributed by atoms with van der Waals surface area (Å²) in [6.07, 6.45) is 0.843. The number of hydrogen-bond donors (Lipinski definition) is 2. The van der Waals surface area contributed by atoms with Crippen LogP contribution in [0, 0.1) is 5.82 Å². The number of carboxylic acids is 1. The first-order valence-electron chi connectivity index (χ1n) is 7.62. The lowest BCUT2D eigenvalue weighted by Crippen LogP contribution is -2.24. The monoisotopic (exact) mass is 372 g/mol. The molecule has 0 bridgehead atoms. The van der Waals surface area contributed by atoms with Crippen LogP contribution < -0.4 is 10.3 Å². The average molecular weight is 373 g/mol. The average Bonchev–Trinajstić information content (AvgIpc) is 2.96. The van der Waals surface area contributed by atoms with Crippen molar-refractivity contribution in [2.45, 2.75) is 19.1 Å². The summed E-state index contributed by atoms with van der Waals surface area (Å²) in [4.78, 5) is 25.1. The third kappa shape index (κ3) is 2.96. The van der Waals surface area contributed by atoms with E-state index in [0.29, 0.717) is 13.0 Å². The second-order valence-corrected chi connectivity index (χ2v) is 6.24. The van der Waals surface area contributed by atoms with Gasteiger partial charge in [-0.05, 0) is 12.5 Å². The number of β-amino-alcohol motifs (C(OH)–C–C–N with tert-alkyl or cyclic N) is 1. The molecule has 0 amide bonds. The number of nitrogens with zero attached hydrogens (tertiary/aromatic N) is 2. The van der Waals surface area contributed by atoms with Gasteiger partial charge in [0.1, 0.15) is 18.1 Å². The molecule has 0 aliphatic carbocycles. The molecule has 1 aromatic heterocycles. The fourth-order valence-electron chi connectivity index (χ4n) is 3.13. The Kier molecular flexibility index (Phi) is 4.66. The van der Waals surface area contributed by atoms with Crippen LogP contribution in [0.1, 0.15) is 16.8 Å². The Bertz CT molecular complexity index is 915. The minimum atomic E-state index is -1.48. The van der Waals surface area contributed by atoms with E-state index in [-0.39, 0.29) is 34.7 Å². The Labute approximate surface area is 145 Å². The van der Waals surface area contributed by atoms with Gasteiger partial charge in [-0.15, -0.1) is 0 Å². The van der Waals surface area contributed by atoms with Crippen LogP contribution in [0.15, 0.2) is 17.1 Å². The van der Waals surface area contributed by atoms with Crippen molar-refractivity contribution in [2.75, 3.05) is 24.7 Å². The fraction of sp³-hybridized carbons (Fsp3) is 0.375. The van der Waals surface area contributed by atoms with Crippen LogP contribution >= 0.6 is 11.6 Å². The minimum Gasteiger partial charge on any atom is -0.477 e. The molecule has 9 heteroatoms. The summed E-state index contributed by atoms with van der Waals surface area (Å²) in [6, 6.07) is 0.921. The number of alkyl halides is 1. The van der Waals surface area contributed by atoms with E-state index in [4.69, 9.17) is 16.7 Å². The summed E-state index contributed by atoms with van der Waals surface area (Å²) in [5.41, 5.74) is -1.37. The molecule has 1 fully saturated rings. The summed E-state index contributed by atoms with van der Waals surface area (Å²) >= 11 is 6.33. The molecule has 2 aromatic rings. The number of aromatic carboxylic acids is 1. The molecule has 1 saturated heterocycles. The number of anilines is 1. The van der Waals surface area contributed by atoms with Crippen LogP contribution in [-0.2, 0) is 6.54 Å². The van der Waals surface area contributed by atoms with Crippen molar-refractivity contribution in [1.29, 1.82) is 0 Å². The summed E-state index contributed by atoms with van der Waals surface area (Å²) in [6.45, 7) is -0.487. The van der Waals surface area contributed by atoms with Gasteiger partial charge in [-0.1, -0.05) is 11.6 Å². The summed E-state index contributed by atoms with van der Waals surface area (Å²) in [7, 11) is 0. The standard InChI is InChI=1S/C16H15ClF2N2O4/c17-12-13-9(5-11(19)14(12)20-3-1-8(22)6-20)15(23)10(16(24)25)7-21(13)4-2-18/h5,7-8,22H,1-4,6H2,(H,24,25). The number of hydrogen-bond acceptors (Lipinski definition) is 4. The Morgan fingerprint density at radius 3 is 2.72 bits per heavy atom. The Hall–Kier alpha value is -2.19. The number of rotatable bonds is 4. The predicted octanol–water partition coefficient (Wildman–Crippen LogP) is 2.03. The van der Waals surface area contributed by atoms with Gasteiger partial charge < -0.3 is 19.7 Å². The number of benzene rings is 1. The van der Waals surface area contributed by atoms with E-state index in [1.807, 2.05) is 0 Å². The SMILES string of the molecule is O=C(O)c1cn(CCF)c2c(Cl)c(N3CCC(O)C3)c(F)cc2c1=O. The third-order valence-electron chi connectivity index (χ3n) is 4.27. The van der Waals surface area contributed by atoms with E-state index < -0.39 is 35.6 Å². The fourth-order valence-corrected chi connectivity index (χ4v) is 3.55. The maximum Gasteiger partial charge on any atom is 0.341 e. The van der Waals surface area contributed by atoms with Crippen LogP contribution in [0.3, 0.4) is 0 Å². The molecule has 1 aliphatic heterocycles. The normalized spacial score (nSPS) is 17.4. The molecule has 1 unspecified atom stereocenters. The lowest BCUT2D eigenvalue weighted by atomic mass is 10.1. The van der Waals surface area contributed by atoms with Gasteiger partial charge in [0.25, 0.3) is 0 Å². The third-order valence-corrected chi connectivity index (χ3v) is 4.62. The van der Waals surface area contributed by atoms with Gasteiger partial charge in [-0.2, -0.15) is 0 Å². The number of aliphatic hydroxyl groups excluding tert-OH is 1. The zero-order valence-electron chi connectivity index (χ0n) is 13.0. The van der Waals surface area contributed by atoms with Crippen molar-refractivity contribution in [1.82, 2.24) is 4.57 Å². The van der Waals surface area contributed by atoms with Crippen molar-refractivity contribution in [3.8, 4) is 0 Å². The number of halogens is 3. The second-order valence-electron chi connectivity index (χ2n) is 5.87. The van der Waals surface area contributed by atoms with E-state index in [0.717, 1.165) is 12.3 Å². The zero-order valence-corrected chi connectivity index (χ0v) is 13.8. The van der Waals surface area contributed by atoms with Crippen molar-refractivity contribution in [3.63, 3.8) is 0 Å². The van der Waals surface area contributed by atoms with Gasteiger partial charge in [-0.25, -0.2) is 13.6 Å². The van der Waals surface area contributed by atoms with Crippen molar-refractivity contribution < 1.29 is 23.8 Å². The molecule has 0 radical (unpaired) electrons. The number of aliphatic hydroxyl groups is 1. The second kappa shape index (κ2) is 6.61. The number of pyridine rings is 1. The Morgan fingerprint density at radius 1 is 1.44 bits per heavy atom. The first kappa shape index (κ1) is 17.6. The van der Waals surface area contributed by atoms with E-state index >= 15 is 0 Å². The zero-order chi connectivity index (χ0) is 18.3. The van der Waals surface area contributed by atoms with Gasteiger partial charge in [0, 0.05) is 19.3 Å². The van der Waals surface area contributed by atoms with Gasteiger partial charge >= 0.3 is 5.97 Å². The van der Waals surface area contributed by atoms with Crippen LogP contribution in [0.4, 0.5) is 14.5 Å². The molecule has 1 aliphatic rings. The van der Waals surface area contributed by atoms with Gasteiger partial charge in [0.05, 0.1) is 34.3 Å². The van der Waals surface area contributed by atoms with Crippen molar-refractivity contribution in [3.05, 3.63) is 38.9 Å². The van der Waals surface area contributed by atoms with E-state index in [2.05, 4.69) is 0 Å². The van der Waals surface area contributed by atoms with Crippen LogP contribution in [-0.4, -0.2) is 46.6 Å². The number of fused-ring (bicyclic) bond motifs is 1. The summed E-state index contributed by atoms with van der Waals surface area (Å²) < 4.78 is 28.7. The maximum atomic E-state index is 14.6. The predicted molar refractivity (Wildman–Crippen MR) is 88.9 cm³/mol.